The smallest absolute Gasteiger partial charge is 0.328 e. The summed E-state index contributed by atoms with van der Waals surface area (Å²) >= 11 is 4.82. The number of aliphatic hydroxyl groups excluding tert-OH is 1. The quantitative estimate of drug-likeness (QED) is 0.751. The monoisotopic (exact) mass is 336 g/mol. The Morgan fingerprint density at radius 3 is 2.72 bits per heavy atom. The summed E-state index contributed by atoms with van der Waals surface area (Å²) in [4.78, 5) is 23.7. The largest absolute Gasteiger partial charge is 0.480 e. The van der Waals surface area contributed by atoms with Crippen molar-refractivity contribution >= 4 is 39.3 Å². The zero-order valence-electron chi connectivity index (χ0n) is 9.59. The zero-order valence-corrected chi connectivity index (χ0v) is 12.0. The van der Waals surface area contributed by atoms with Gasteiger partial charge in [0, 0.05) is 13.6 Å². The maximum absolute atomic E-state index is 11.7. The third-order valence-electron chi connectivity index (χ3n) is 2.17. The second kappa shape index (κ2) is 6.72. The van der Waals surface area contributed by atoms with Gasteiger partial charge in [-0.3, -0.25) is 0 Å². The summed E-state index contributed by atoms with van der Waals surface area (Å²) in [5.41, 5.74) is 0.945. The van der Waals surface area contributed by atoms with Crippen molar-refractivity contribution in [1.82, 2.24) is 10.2 Å². The van der Waals surface area contributed by atoms with Crippen LogP contribution in [0.2, 0.25) is 0 Å². The van der Waals surface area contributed by atoms with Crippen LogP contribution in [0.25, 0.3) is 0 Å². The Morgan fingerprint density at radius 1 is 1.61 bits per heavy atom. The highest BCUT2D eigenvalue weighted by Crippen LogP contribution is 2.21. The first-order chi connectivity index (χ1) is 8.43. The second-order valence-corrected chi connectivity index (χ2v) is 5.93. The summed E-state index contributed by atoms with van der Waals surface area (Å²) in [5, 5.41) is 21.6. The number of aliphatic carboxylic acids is 1. The van der Waals surface area contributed by atoms with Gasteiger partial charge in [0.2, 0.25) is 0 Å². The van der Waals surface area contributed by atoms with Crippen molar-refractivity contribution in [2.45, 2.75) is 12.6 Å². The average Bonchev–Trinajstić information content (AvgIpc) is 2.70. The molecule has 0 bridgehead atoms. The van der Waals surface area contributed by atoms with Crippen LogP contribution in [0.4, 0.5) is 4.79 Å². The third kappa shape index (κ3) is 4.28. The third-order valence-corrected chi connectivity index (χ3v) is 3.72. The fourth-order valence-corrected chi connectivity index (χ4v) is 2.42. The molecule has 0 fully saturated rings. The predicted molar refractivity (Wildman–Crippen MR) is 70.5 cm³/mol. The summed E-state index contributed by atoms with van der Waals surface area (Å²) < 4.78 is 0.963. The van der Waals surface area contributed by atoms with Crippen LogP contribution in [-0.2, 0) is 11.3 Å². The number of amides is 2. The summed E-state index contributed by atoms with van der Waals surface area (Å²) in [6, 6.07) is 0.0581. The number of carboxylic acid groups (broad SMARTS) is 1. The first-order valence-electron chi connectivity index (χ1n) is 5.02. The second-order valence-electron chi connectivity index (χ2n) is 3.64. The molecular weight excluding hydrogens is 324 g/mol. The maximum atomic E-state index is 11.7. The summed E-state index contributed by atoms with van der Waals surface area (Å²) in [6.07, 6.45) is 0. The van der Waals surface area contributed by atoms with E-state index in [0.717, 1.165) is 9.35 Å². The van der Waals surface area contributed by atoms with Gasteiger partial charge in [0.25, 0.3) is 0 Å². The Labute approximate surface area is 116 Å². The fraction of sp³-hybridized carbons (Fsp3) is 0.400. The Bertz CT molecular complexity index is 437. The molecule has 1 rings (SSSR count). The van der Waals surface area contributed by atoms with Gasteiger partial charge in [-0.05, 0) is 32.9 Å². The van der Waals surface area contributed by atoms with Crippen molar-refractivity contribution < 1.29 is 19.8 Å². The molecule has 0 aliphatic carbocycles. The fourth-order valence-electron chi connectivity index (χ4n) is 1.22. The number of carbonyl (C=O) groups is 2. The van der Waals surface area contributed by atoms with Gasteiger partial charge >= 0.3 is 12.0 Å². The Balaban J connectivity index is 2.53. The van der Waals surface area contributed by atoms with Gasteiger partial charge in [-0.15, -0.1) is 11.3 Å². The predicted octanol–water partition coefficient (Wildman–Crippen LogP) is 1.10. The van der Waals surface area contributed by atoms with E-state index in [1.54, 1.807) is 7.05 Å². The van der Waals surface area contributed by atoms with Crippen LogP contribution in [-0.4, -0.2) is 46.8 Å². The van der Waals surface area contributed by atoms with E-state index in [-0.39, 0.29) is 0 Å². The van der Waals surface area contributed by atoms with Gasteiger partial charge in [-0.2, -0.15) is 0 Å². The molecule has 1 heterocycles. The Morgan fingerprint density at radius 2 is 2.28 bits per heavy atom. The first kappa shape index (κ1) is 14.9. The lowest BCUT2D eigenvalue weighted by atomic mass is 10.3. The minimum Gasteiger partial charge on any atom is -0.480 e. The molecule has 0 aliphatic heterocycles. The molecule has 3 N–H and O–H groups in total. The normalized spacial score (nSPS) is 11.9. The highest BCUT2D eigenvalue weighted by Gasteiger charge is 2.20. The first-order valence-corrected chi connectivity index (χ1v) is 6.69. The Kier molecular flexibility index (Phi) is 5.57. The molecule has 8 heteroatoms. The van der Waals surface area contributed by atoms with E-state index in [2.05, 4.69) is 21.2 Å². The number of aliphatic hydroxyl groups is 1. The average molecular weight is 337 g/mol. The molecule has 1 aromatic rings. The van der Waals surface area contributed by atoms with Crippen LogP contribution < -0.4 is 5.32 Å². The number of urea groups is 1. The van der Waals surface area contributed by atoms with Crippen LogP contribution in [0.3, 0.4) is 0 Å². The molecule has 0 spiro atoms. The number of halogens is 1. The number of hydrogen-bond acceptors (Lipinski definition) is 4. The summed E-state index contributed by atoms with van der Waals surface area (Å²) in [6.45, 7) is -0.273. The van der Waals surface area contributed by atoms with Gasteiger partial charge in [0.15, 0.2) is 6.04 Å². The molecule has 0 radical (unpaired) electrons. The topological polar surface area (TPSA) is 89.9 Å². The van der Waals surface area contributed by atoms with Crippen molar-refractivity contribution in [3.05, 3.63) is 20.8 Å². The van der Waals surface area contributed by atoms with E-state index in [0.29, 0.717) is 6.54 Å². The van der Waals surface area contributed by atoms with Crippen molar-refractivity contribution in [3.8, 4) is 0 Å². The molecule has 0 aliphatic rings. The number of carbonyl (C=O) groups excluding carboxylic acids is 1. The molecule has 2 amide bonds. The van der Waals surface area contributed by atoms with E-state index in [4.69, 9.17) is 10.2 Å². The lowest BCUT2D eigenvalue weighted by molar-refractivity contribution is -0.140. The molecule has 1 aromatic heterocycles. The number of thiophene rings is 1. The van der Waals surface area contributed by atoms with E-state index in [1.807, 2.05) is 11.4 Å². The summed E-state index contributed by atoms with van der Waals surface area (Å²) in [5.74, 6) is -1.27. The lowest BCUT2D eigenvalue weighted by Crippen LogP contribution is -2.48. The maximum Gasteiger partial charge on any atom is 0.328 e. The van der Waals surface area contributed by atoms with Crippen LogP contribution in [0, 0.1) is 0 Å². The van der Waals surface area contributed by atoms with Crippen LogP contribution in [0.1, 0.15) is 5.56 Å². The Hall–Kier alpha value is -1.12. The van der Waals surface area contributed by atoms with Crippen molar-refractivity contribution in [3.63, 3.8) is 0 Å². The number of nitrogens with zero attached hydrogens (tertiary/aromatic N) is 1. The molecule has 0 aromatic carbocycles. The highest BCUT2D eigenvalue weighted by atomic mass is 79.9. The number of carboxylic acids is 1. The SMILES string of the molecule is CN(Cc1csc(Br)c1)C(=O)N[C@@H](CO)C(=O)O. The van der Waals surface area contributed by atoms with Gasteiger partial charge in [0.05, 0.1) is 10.4 Å². The molecule has 6 nitrogen and oxygen atoms in total. The molecular formula is C10H13BrN2O4S. The van der Waals surface area contributed by atoms with E-state index in [9.17, 15) is 9.59 Å². The lowest BCUT2D eigenvalue weighted by Gasteiger charge is -2.19. The van der Waals surface area contributed by atoms with Crippen molar-refractivity contribution in [1.29, 1.82) is 0 Å². The number of hydrogen-bond donors (Lipinski definition) is 3. The standard InChI is InChI=1S/C10H13BrN2O4S/c1-13(3-6-2-8(11)18-5-6)10(17)12-7(4-14)9(15)16/h2,5,7,14H,3-4H2,1H3,(H,12,17)(H,15,16)/t7-/m0/s1. The van der Waals surface area contributed by atoms with E-state index < -0.39 is 24.6 Å². The molecule has 18 heavy (non-hydrogen) atoms. The zero-order chi connectivity index (χ0) is 13.7. The minimum atomic E-state index is -1.28. The summed E-state index contributed by atoms with van der Waals surface area (Å²) in [7, 11) is 1.55. The molecule has 0 unspecified atom stereocenters. The van der Waals surface area contributed by atoms with Gasteiger partial charge < -0.3 is 20.4 Å². The molecule has 1 atom stereocenters. The van der Waals surface area contributed by atoms with Crippen LogP contribution >= 0.6 is 27.3 Å². The molecule has 0 saturated heterocycles. The molecule has 100 valence electrons. The van der Waals surface area contributed by atoms with Crippen LogP contribution in [0.15, 0.2) is 15.2 Å². The number of nitrogens with one attached hydrogen (secondary N) is 1. The van der Waals surface area contributed by atoms with E-state index >= 15 is 0 Å². The molecule has 0 saturated carbocycles. The minimum absolute atomic E-state index is 0.367. The van der Waals surface area contributed by atoms with Gasteiger partial charge in [0.1, 0.15) is 0 Å². The van der Waals surface area contributed by atoms with Crippen molar-refractivity contribution in [2.24, 2.45) is 0 Å². The number of rotatable bonds is 5. The highest BCUT2D eigenvalue weighted by molar-refractivity contribution is 9.11. The van der Waals surface area contributed by atoms with Gasteiger partial charge in [-0.25, -0.2) is 9.59 Å². The van der Waals surface area contributed by atoms with Crippen molar-refractivity contribution in [2.75, 3.05) is 13.7 Å². The van der Waals surface area contributed by atoms with Gasteiger partial charge in [-0.1, -0.05) is 0 Å². The van der Waals surface area contributed by atoms with Crippen LogP contribution in [0.5, 0.6) is 0 Å². The van der Waals surface area contributed by atoms with E-state index in [1.165, 1.54) is 16.2 Å².